The van der Waals surface area contributed by atoms with E-state index >= 15 is 0 Å². The molecule has 178 valence electrons. The Labute approximate surface area is 194 Å². The van der Waals surface area contributed by atoms with E-state index in [0.29, 0.717) is 0 Å². The average Bonchev–Trinajstić information content (AvgIpc) is 3.28. The zero-order valence-electron chi connectivity index (χ0n) is 17.4. The van der Waals surface area contributed by atoms with Crippen molar-refractivity contribution in [3.63, 3.8) is 0 Å². The van der Waals surface area contributed by atoms with Gasteiger partial charge in [-0.1, -0.05) is 0 Å². The summed E-state index contributed by atoms with van der Waals surface area (Å²) >= 11 is 0. The summed E-state index contributed by atoms with van der Waals surface area (Å²) in [7, 11) is 0. The standard InChI is InChI=1S/C22H13NO12/c23-22(30)32-8-11(33-17(25)10-2-4-13-15(6-10)21(29)35-19(13)27)7-31-16(24)9-1-3-12-14(5-9)20(28)34-18(12)26/h1-6,11H,7-8H2,(H2,23,30). The molecule has 0 bridgehead atoms. The predicted octanol–water partition coefficient (Wildman–Crippen LogP) is 0.785. The highest BCUT2D eigenvalue weighted by atomic mass is 16.6. The second-order valence-electron chi connectivity index (χ2n) is 7.13. The van der Waals surface area contributed by atoms with Crippen LogP contribution in [0, 0.1) is 0 Å². The van der Waals surface area contributed by atoms with Crippen LogP contribution in [0.4, 0.5) is 4.79 Å². The number of ether oxygens (including phenoxy) is 5. The van der Waals surface area contributed by atoms with Crippen LogP contribution in [-0.2, 0) is 23.7 Å². The Morgan fingerprint density at radius 2 is 1.14 bits per heavy atom. The molecule has 0 fully saturated rings. The third-order valence-electron chi connectivity index (χ3n) is 4.85. The normalized spacial score (nSPS) is 14.4. The van der Waals surface area contributed by atoms with Crippen molar-refractivity contribution < 1.29 is 57.2 Å². The Hall–Kier alpha value is -5.07. The topological polar surface area (TPSA) is 192 Å². The van der Waals surface area contributed by atoms with Crippen LogP contribution < -0.4 is 5.73 Å². The van der Waals surface area contributed by atoms with E-state index in [9.17, 15) is 33.6 Å². The number of rotatable bonds is 7. The van der Waals surface area contributed by atoms with Crippen molar-refractivity contribution in [2.24, 2.45) is 5.73 Å². The molecule has 2 aliphatic heterocycles. The summed E-state index contributed by atoms with van der Waals surface area (Å²) in [5.74, 6) is -5.48. The number of amides is 1. The van der Waals surface area contributed by atoms with Gasteiger partial charge in [0.2, 0.25) is 0 Å². The van der Waals surface area contributed by atoms with Crippen LogP contribution in [0.2, 0.25) is 0 Å². The van der Waals surface area contributed by atoms with Crippen LogP contribution in [-0.4, -0.2) is 61.2 Å². The smallest absolute Gasteiger partial charge is 0.404 e. The van der Waals surface area contributed by atoms with Gasteiger partial charge in [0.25, 0.3) is 0 Å². The summed E-state index contributed by atoms with van der Waals surface area (Å²) in [6, 6.07) is 7.07. The van der Waals surface area contributed by atoms with Gasteiger partial charge in [-0.2, -0.15) is 0 Å². The van der Waals surface area contributed by atoms with Crippen LogP contribution in [0.1, 0.15) is 62.1 Å². The molecule has 4 rings (SSSR count). The Bertz CT molecular complexity index is 1330. The van der Waals surface area contributed by atoms with Crippen LogP contribution in [0.15, 0.2) is 36.4 Å². The van der Waals surface area contributed by atoms with Crippen LogP contribution in [0.5, 0.6) is 0 Å². The van der Waals surface area contributed by atoms with E-state index in [4.69, 9.17) is 15.2 Å². The maximum Gasteiger partial charge on any atom is 0.404 e. The number of carbonyl (C=O) groups excluding carboxylic acids is 7. The number of primary amides is 1. The monoisotopic (exact) mass is 483 g/mol. The van der Waals surface area contributed by atoms with Crippen molar-refractivity contribution in [3.05, 3.63) is 69.8 Å². The number of fused-ring (bicyclic) bond motifs is 2. The van der Waals surface area contributed by atoms with E-state index in [0.717, 1.165) is 12.1 Å². The fourth-order valence-electron chi connectivity index (χ4n) is 3.19. The first kappa shape index (κ1) is 23.1. The van der Waals surface area contributed by atoms with Gasteiger partial charge in [-0.15, -0.1) is 0 Å². The number of hydrogen-bond donors (Lipinski definition) is 1. The molecule has 2 heterocycles. The van der Waals surface area contributed by atoms with Crippen molar-refractivity contribution in [1.29, 1.82) is 0 Å². The zero-order valence-corrected chi connectivity index (χ0v) is 17.4. The third kappa shape index (κ3) is 4.68. The lowest BCUT2D eigenvalue weighted by Gasteiger charge is -2.18. The number of cyclic esters (lactones) is 4. The predicted molar refractivity (Wildman–Crippen MR) is 107 cm³/mol. The zero-order chi connectivity index (χ0) is 25.3. The molecule has 2 aromatic carbocycles. The number of benzene rings is 2. The fourth-order valence-corrected chi connectivity index (χ4v) is 3.19. The highest BCUT2D eigenvalue weighted by molar-refractivity contribution is 6.16. The molecule has 0 aromatic heterocycles. The van der Waals surface area contributed by atoms with Crippen molar-refractivity contribution >= 4 is 41.9 Å². The first-order chi connectivity index (χ1) is 16.6. The molecule has 0 saturated heterocycles. The molecule has 1 unspecified atom stereocenters. The molecule has 0 saturated carbocycles. The van der Waals surface area contributed by atoms with Gasteiger partial charge in [-0.3, -0.25) is 0 Å². The molecule has 13 heteroatoms. The van der Waals surface area contributed by atoms with Crippen molar-refractivity contribution in [2.75, 3.05) is 13.2 Å². The van der Waals surface area contributed by atoms with Gasteiger partial charge in [0.05, 0.1) is 33.4 Å². The maximum absolute atomic E-state index is 12.5. The van der Waals surface area contributed by atoms with Crippen LogP contribution in [0.3, 0.4) is 0 Å². The highest BCUT2D eigenvalue weighted by Gasteiger charge is 2.32. The molecule has 2 aromatic rings. The van der Waals surface area contributed by atoms with Crippen LogP contribution in [0.25, 0.3) is 0 Å². The molecule has 0 aliphatic carbocycles. The van der Waals surface area contributed by atoms with Crippen LogP contribution >= 0.6 is 0 Å². The summed E-state index contributed by atoms with van der Waals surface area (Å²) in [5.41, 5.74) is 4.43. The second kappa shape index (κ2) is 9.05. The molecular formula is C22H13NO12. The van der Waals surface area contributed by atoms with E-state index in [1.165, 1.54) is 24.3 Å². The molecular weight excluding hydrogens is 470 g/mol. The minimum absolute atomic E-state index is 0.00635. The van der Waals surface area contributed by atoms with Gasteiger partial charge in [0.15, 0.2) is 6.10 Å². The van der Waals surface area contributed by atoms with Gasteiger partial charge >= 0.3 is 41.9 Å². The summed E-state index contributed by atoms with van der Waals surface area (Å²) in [6.07, 6.45) is -2.50. The molecule has 0 spiro atoms. The van der Waals surface area contributed by atoms with Crippen molar-refractivity contribution in [3.8, 4) is 0 Å². The molecule has 1 amide bonds. The lowest BCUT2D eigenvalue weighted by molar-refractivity contribution is -0.0192. The number of esters is 6. The molecule has 13 nitrogen and oxygen atoms in total. The van der Waals surface area contributed by atoms with E-state index < -0.39 is 61.2 Å². The van der Waals surface area contributed by atoms with Crippen molar-refractivity contribution in [1.82, 2.24) is 0 Å². The lowest BCUT2D eigenvalue weighted by Crippen LogP contribution is -2.32. The largest absolute Gasteiger partial charge is 0.458 e. The Kier molecular flexibility index (Phi) is 5.97. The van der Waals surface area contributed by atoms with Gasteiger partial charge in [-0.05, 0) is 36.4 Å². The van der Waals surface area contributed by atoms with E-state index in [2.05, 4.69) is 14.2 Å². The van der Waals surface area contributed by atoms with Gasteiger partial charge in [0.1, 0.15) is 13.2 Å². The van der Waals surface area contributed by atoms with Crippen molar-refractivity contribution in [2.45, 2.75) is 6.10 Å². The van der Waals surface area contributed by atoms with Gasteiger partial charge in [0, 0.05) is 0 Å². The second-order valence-corrected chi connectivity index (χ2v) is 7.13. The molecule has 35 heavy (non-hydrogen) atoms. The summed E-state index contributed by atoms with van der Waals surface area (Å²) < 4.78 is 23.8. The Balaban J connectivity index is 1.44. The van der Waals surface area contributed by atoms with E-state index in [1.807, 2.05) is 0 Å². The summed E-state index contributed by atoms with van der Waals surface area (Å²) in [5, 5.41) is 0. The first-order valence-electron chi connectivity index (χ1n) is 9.75. The summed E-state index contributed by atoms with van der Waals surface area (Å²) in [6.45, 7) is -1.17. The SMILES string of the molecule is NC(=O)OCC(COC(=O)c1ccc2c(c1)C(=O)OC2=O)OC(=O)c1ccc2c(c1)C(=O)OC2=O. The first-order valence-corrected chi connectivity index (χ1v) is 9.75. The maximum atomic E-state index is 12.5. The van der Waals surface area contributed by atoms with Gasteiger partial charge < -0.3 is 29.4 Å². The van der Waals surface area contributed by atoms with E-state index in [1.54, 1.807) is 0 Å². The minimum atomic E-state index is -1.32. The summed E-state index contributed by atoms with van der Waals surface area (Å²) in [4.78, 5) is 82.3. The van der Waals surface area contributed by atoms with E-state index in [-0.39, 0.29) is 33.4 Å². The molecule has 1 atom stereocenters. The fraction of sp³-hybridized carbons (Fsp3) is 0.136. The quantitative estimate of drug-likeness (QED) is 0.331. The number of nitrogens with two attached hydrogens (primary N) is 1. The average molecular weight is 483 g/mol. The molecule has 2 N–H and O–H groups in total. The third-order valence-corrected chi connectivity index (χ3v) is 4.85. The Morgan fingerprint density at radius 3 is 1.66 bits per heavy atom. The van der Waals surface area contributed by atoms with Gasteiger partial charge in [-0.25, -0.2) is 33.6 Å². The lowest BCUT2D eigenvalue weighted by atomic mass is 10.1. The molecule has 0 radical (unpaired) electrons. The highest BCUT2D eigenvalue weighted by Crippen LogP contribution is 2.23. The number of hydrogen-bond acceptors (Lipinski definition) is 12. The molecule has 2 aliphatic rings. The number of carbonyl (C=O) groups is 7. The Morgan fingerprint density at radius 1 is 0.686 bits per heavy atom. The minimum Gasteiger partial charge on any atom is -0.458 e.